The molecule has 3 aliphatic rings. The van der Waals surface area contributed by atoms with Crippen molar-refractivity contribution in [1.29, 1.82) is 0 Å². The molecule has 1 heterocycles. The third-order valence-electron chi connectivity index (χ3n) is 7.11. The van der Waals surface area contributed by atoms with Crippen molar-refractivity contribution in [1.82, 2.24) is 15.1 Å². The van der Waals surface area contributed by atoms with Crippen molar-refractivity contribution in [2.75, 3.05) is 0 Å². The van der Waals surface area contributed by atoms with Crippen molar-refractivity contribution < 1.29 is 22.7 Å². The lowest BCUT2D eigenvalue weighted by Gasteiger charge is -2.41. The zero-order valence-corrected chi connectivity index (χ0v) is 19.2. The van der Waals surface area contributed by atoms with E-state index in [9.17, 15) is 18.0 Å². The Hall–Kier alpha value is -2.42. The van der Waals surface area contributed by atoms with Crippen LogP contribution in [0, 0.1) is 11.7 Å². The summed E-state index contributed by atoms with van der Waals surface area (Å²) < 4.78 is 46.6. The van der Waals surface area contributed by atoms with E-state index in [1.165, 1.54) is 12.1 Å². The van der Waals surface area contributed by atoms with E-state index in [1.54, 1.807) is 0 Å². The van der Waals surface area contributed by atoms with Crippen LogP contribution in [0.25, 0.3) is 11.3 Å². The van der Waals surface area contributed by atoms with Crippen LogP contribution in [-0.4, -0.2) is 32.7 Å². The molecular weight excluding hydrogens is 451 g/mol. The van der Waals surface area contributed by atoms with Gasteiger partial charge in [0.1, 0.15) is 11.6 Å². The molecule has 2 fully saturated rings. The molecule has 0 bridgehead atoms. The Morgan fingerprint density at radius 1 is 1.30 bits per heavy atom. The van der Waals surface area contributed by atoms with Crippen molar-refractivity contribution in [3.8, 4) is 17.0 Å². The number of halogens is 3. The van der Waals surface area contributed by atoms with E-state index < -0.39 is 12.4 Å². The normalized spacial score (nSPS) is 21.8. The van der Waals surface area contributed by atoms with Crippen LogP contribution in [0.15, 0.2) is 18.2 Å². The van der Waals surface area contributed by atoms with Gasteiger partial charge in [0.25, 0.3) is 0 Å². The molecule has 3 aliphatic carbocycles. The summed E-state index contributed by atoms with van der Waals surface area (Å²) in [5.74, 6) is -0.809. The number of nitrogens with zero attached hydrogens (tertiary/aromatic N) is 2. The highest BCUT2D eigenvalue weighted by Crippen LogP contribution is 2.41. The van der Waals surface area contributed by atoms with Crippen LogP contribution in [0.1, 0.15) is 62.7 Å². The molecule has 0 radical (unpaired) electrons. The van der Waals surface area contributed by atoms with E-state index in [0.29, 0.717) is 25.0 Å². The van der Waals surface area contributed by atoms with E-state index in [-0.39, 0.29) is 34.7 Å². The monoisotopic (exact) mass is 477 g/mol. The van der Waals surface area contributed by atoms with Gasteiger partial charge in [-0.05, 0) is 62.1 Å². The fraction of sp³-hybridized carbons (Fsp3) is 0.542. The van der Waals surface area contributed by atoms with E-state index >= 15 is 0 Å². The van der Waals surface area contributed by atoms with Gasteiger partial charge in [0, 0.05) is 47.5 Å². The summed E-state index contributed by atoms with van der Waals surface area (Å²) in [4.78, 5) is 14.0. The summed E-state index contributed by atoms with van der Waals surface area (Å²) in [7, 11) is 0. The van der Waals surface area contributed by atoms with Gasteiger partial charge in [-0.15, -0.1) is 0 Å². The summed E-state index contributed by atoms with van der Waals surface area (Å²) in [6.07, 6.45) is 6.25. The smallest absolute Gasteiger partial charge is 0.387 e. The number of hydrogen-bond donors (Lipinski definition) is 1. The number of amides is 1. The Morgan fingerprint density at radius 3 is 2.70 bits per heavy atom. The van der Waals surface area contributed by atoms with Crippen LogP contribution in [0.5, 0.6) is 5.75 Å². The second-order valence-corrected chi connectivity index (χ2v) is 10.3. The van der Waals surface area contributed by atoms with Crippen molar-refractivity contribution in [2.24, 2.45) is 5.92 Å². The summed E-state index contributed by atoms with van der Waals surface area (Å²) in [5, 5.41) is 7.93. The first-order chi connectivity index (χ1) is 15.7. The molecule has 1 unspecified atom stereocenters. The number of hydrogen-bond acceptors (Lipinski definition) is 4. The minimum Gasteiger partial charge on any atom is -0.435 e. The van der Waals surface area contributed by atoms with Crippen LogP contribution in [0.2, 0.25) is 0 Å². The molecule has 33 heavy (non-hydrogen) atoms. The molecule has 0 aliphatic heterocycles. The Balaban J connectivity index is 1.45. The zero-order chi connectivity index (χ0) is 23.3. The number of thiocarbonyl (C=S) groups is 1. The molecule has 176 valence electrons. The van der Waals surface area contributed by atoms with Gasteiger partial charge < -0.3 is 10.1 Å². The van der Waals surface area contributed by atoms with Gasteiger partial charge >= 0.3 is 6.61 Å². The van der Waals surface area contributed by atoms with Gasteiger partial charge in [0.2, 0.25) is 5.91 Å². The molecule has 2 saturated carbocycles. The quantitative estimate of drug-likeness (QED) is 0.584. The number of benzene rings is 1. The molecule has 5 nitrogen and oxygen atoms in total. The van der Waals surface area contributed by atoms with Crippen LogP contribution >= 0.6 is 12.2 Å². The Bertz CT molecular complexity index is 1100. The van der Waals surface area contributed by atoms with E-state index in [0.717, 1.165) is 54.3 Å². The number of fused-ring (bicyclic) bond motifs is 1. The molecule has 9 heteroatoms. The summed E-state index contributed by atoms with van der Waals surface area (Å²) >= 11 is 5.21. The van der Waals surface area contributed by atoms with Gasteiger partial charge in [0.05, 0.1) is 11.7 Å². The number of aromatic nitrogens is 2. The van der Waals surface area contributed by atoms with Crippen LogP contribution in [-0.2, 0) is 17.6 Å². The lowest BCUT2D eigenvalue weighted by molar-refractivity contribution is -0.127. The molecule has 2 aromatic rings. The largest absolute Gasteiger partial charge is 0.435 e. The SMILES string of the molecule is CC1(NC(=O)C2CCc3c(-c4cc(OC(F)F)ccc4F)nn(C4CCC4)c3C2)CC(=S)C1. The number of nitrogens with one attached hydrogen (secondary N) is 1. The maximum absolute atomic E-state index is 14.8. The average molecular weight is 478 g/mol. The third kappa shape index (κ3) is 4.27. The van der Waals surface area contributed by atoms with Crippen LogP contribution in [0.3, 0.4) is 0 Å². The number of rotatable bonds is 6. The molecule has 5 rings (SSSR count). The number of alkyl halides is 2. The van der Waals surface area contributed by atoms with Gasteiger partial charge in [-0.3, -0.25) is 9.48 Å². The first-order valence-corrected chi connectivity index (χ1v) is 11.8. The van der Waals surface area contributed by atoms with Crippen molar-refractivity contribution in [3.63, 3.8) is 0 Å². The topological polar surface area (TPSA) is 56.1 Å². The predicted octanol–water partition coefficient (Wildman–Crippen LogP) is 5.16. The highest BCUT2D eigenvalue weighted by atomic mass is 32.1. The maximum atomic E-state index is 14.8. The number of carbonyl (C=O) groups excluding carboxylic acids is 1. The summed E-state index contributed by atoms with van der Waals surface area (Å²) in [6, 6.07) is 3.83. The molecule has 0 spiro atoms. The van der Waals surface area contributed by atoms with Crippen molar-refractivity contribution in [2.45, 2.75) is 76.5 Å². The lowest BCUT2D eigenvalue weighted by Crippen LogP contribution is -2.56. The Labute approximate surface area is 195 Å². The maximum Gasteiger partial charge on any atom is 0.387 e. The third-order valence-corrected chi connectivity index (χ3v) is 7.40. The molecule has 0 saturated heterocycles. The molecule has 1 aromatic carbocycles. The highest BCUT2D eigenvalue weighted by molar-refractivity contribution is 7.80. The minimum absolute atomic E-state index is 0.0204. The molecular formula is C24H26F3N3O2S. The van der Waals surface area contributed by atoms with Gasteiger partial charge in [-0.2, -0.15) is 13.9 Å². The van der Waals surface area contributed by atoms with E-state index in [2.05, 4.69) is 10.1 Å². The minimum atomic E-state index is -2.99. The lowest BCUT2D eigenvalue weighted by atomic mass is 9.77. The first kappa shape index (κ1) is 22.4. The van der Waals surface area contributed by atoms with Crippen LogP contribution < -0.4 is 10.1 Å². The van der Waals surface area contributed by atoms with Crippen molar-refractivity contribution in [3.05, 3.63) is 35.3 Å². The fourth-order valence-electron chi connectivity index (χ4n) is 5.18. The standard InChI is InChI=1S/C24H26F3N3O2S/c1-24(11-16(33)12-24)28-22(31)13-5-7-17-20(9-13)30(14-3-2-4-14)29-21(17)18-10-15(32-23(26)27)6-8-19(18)25/h6,8,10,13-14,23H,2-5,7,9,11-12H2,1H3,(H,28,31). The number of ether oxygens (including phenoxy) is 1. The molecule has 1 amide bonds. The predicted molar refractivity (Wildman–Crippen MR) is 121 cm³/mol. The Morgan fingerprint density at radius 2 is 2.06 bits per heavy atom. The van der Waals surface area contributed by atoms with Crippen LogP contribution in [0.4, 0.5) is 13.2 Å². The highest BCUT2D eigenvalue weighted by Gasteiger charge is 2.40. The molecule has 1 N–H and O–H groups in total. The fourth-order valence-corrected chi connectivity index (χ4v) is 5.82. The number of carbonyl (C=O) groups is 1. The molecule has 1 aromatic heterocycles. The van der Waals surface area contributed by atoms with Gasteiger partial charge in [-0.25, -0.2) is 4.39 Å². The summed E-state index contributed by atoms with van der Waals surface area (Å²) in [5.41, 5.74) is 2.21. The van der Waals surface area contributed by atoms with E-state index in [1.807, 2.05) is 11.6 Å². The second-order valence-electron chi connectivity index (χ2n) is 9.71. The van der Waals surface area contributed by atoms with Crippen molar-refractivity contribution >= 4 is 23.0 Å². The molecule has 1 atom stereocenters. The van der Waals surface area contributed by atoms with Gasteiger partial charge in [0.15, 0.2) is 0 Å². The second kappa shape index (κ2) is 8.42. The Kier molecular flexibility index (Phi) is 5.71. The summed E-state index contributed by atoms with van der Waals surface area (Å²) in [6.45, 7) is -0.973. The average Bonchev–Trinajstić information content (AvgIpc) is 3.05. The first-order valence-electron chi connectivity index (χ1n) is 11.4. The zero-order valence-electron chi connectivity index (χ0n) is 18.4. The van der Waals surface area contributed by atoms with E-state index in [4.69, 9.17) is 17.3 Å². The van der Waals surface area contributed by atoms with Gasteiger partial charge in [-0.1, -0.05) is 12.2 Å².